The van der Waals surface area contributed by atoms with E-state index in [1.54, 1.807) is 11.1 Å². The maximum atomic E-state index is 13.6. The van der Waals surface area contributed by atoms with Gasteiger partial charge in [-0.1, -0.05) is 97.1 Å². The number of hydrogen-bond acceptors (Lipinski definition) is 3. The van der Waals surface area contributed by atoms with Crippen molar-refractivity contribution in [1.82, 2.24) is 15.2 Å². The molecule has 0 radical (unpaired) electrons. The number of nitrogens with zero attached hydrogens (tertiary/aromatic N) is 2. The first kappa shape index (κ1) is 23.9. The van der Waals surface area contributed by atoms with E-state index >= 15 is 0 Å². The summed E-state index contributed by atoms with van der Waals surface area (Å²) < 4.78 is 0. The predicted octanol–water partition coefficient (Wildman–Crippen LogP) is 5.10. The highest BCUT2D eigenvalue weighted by Gasteiger charge is 2.31. The molecule has 0 aliphatic heterocycles. The Morgan fingerprint density at radius 1 is 0.743 bits per heavy atom. The third-order valence-electron chi connectivity index (χ3n) is 5.83. The minimum absolute atomic E-state index is 0.0699. The van der Waals surface area contributed by atoms with E-state index in [2.05, 4.69) is 10.3 Å². The number of nitrogens with one attached hydrogen (secondary N) is 1. The summed E-state index contributed by atoms with van der Waals surface area (Å²) in [6.45, 7) is 0.630. The third-order valence-corrected chi connectivity index (χ3v) is 5.83. The van der Waals surface area contributed by atoms with Gasteiger partial charge in [0, 0.05) is 19.2 Å². The van der Waals surface area contributed by atoms with Crippen LogP contribution in [-0.4, -0.2) is 21.7 Å². The smallest absolute Gasteiger partial charge is 0.247 e. The van der Waals surface area contributed by atoms with Crippen LogP contribution in [0.1, 0.15) is 34.8 Å². The number of hydrogen-bond donors (Lipinski definition) is 1. The zero-order valence-corrected chi connectivity index (χ0v) is 19.6. The second-order valence-corrected chi connectivity index (χ2v) is 8.34. The molecule has 1 heterocycles. The molecule has 2 amide bonds. The van der Waals surface area contributed by atoms with Gasteiger partial charge in [0.15, 0.2) is 0 Å². The Labute approximate surface area is 206 Å². The molecule has 0 spiro atoms. The van der Waals surface area contributed by atoms with Crippen molar-refractivity contribution in [3.8, 4) is 0 Å². The molecule has 0 unspecified atom stereocenters. The number of aryl methyl sites for hydroxylation is 1. The molecule has 0 saturated carbocycles. The first-order chi connectivity index (χ1) is 17.2. The molecular weight excluding hydrogens is 434 g/mol. The second-order valence-electron chi connectivity index (χ2n) is 8.34. The lowest BCUT2D eigenvalue weighted by molar-refractivity contribution is -0.141. The van der Waals surface area contributed by atoms with Crippen molar-refractivity contribution >= 4 is 11.8 Å². The third kappa shape index (κ3) is 6.87. The largest absolute Gasteiger partial charge is 0.348 e. The lowest BCUT2D eigenvalue weighted by Gasteiger charge is -2.32. The summed E-state index contributed by atoms with van der Waals surface area (Å²) >= 11 is 0. The number of amides is 2. The summed E-state index contributed by atoms with van der Waals surface area (Å²) in [5.41, 5.74) is 3.60. The molecule has 1 aromatic heterocycles. The van der Waals surface area contributed by atoms with Gasteiger partial charge in [0.25, 0.3) is 0 Å². The molecule has 176 valence electrons. The fourth-order valence-corrected chi connectivity index (χ4v) is 4.03. The molecule has 0 aliphatic carbocycles. The van der Waals surface area contributed by atoms with Crippen molar-refractivity contribution < 1.29 is 9.59 Å². The van der Waals surface area contributed by atoms with Gasteiger partial charge in [-0.15, -0.1) is 0 Å². The Hall–Kier alpha value is -4.25. The molecule has 3 aromatic carbocycles. The van der Waals surface area contributed by atoms with Crippen molar-refractivity contribution in [2.24, 2.45) is 0 Å². The van der Waals surface area contributed by atoms with Crippen LogP contribution < -0.4 is 5.32 Å². The van der Waals surface area contributed by atoms with Gasteiger partial charge in [0.05, 0.1) is 12.2 Å². The Balaban J connectivity index is 1.61. The van der Waals surface area contributed by atoms with Gasteiger partial charge in [0.2, 0.25) is 11.8 Å². The van der Waals surface area contributed by atoms with E-state index in [0.717, 1.165) is 22.4 Å². The lowest BCUT2D eigenvalue weighted by atomic mass is 10.0. The van der Waals surface area contributed by atoms with E-state index in [1.165, 1.54) is 0 Å². The van der Waals surface area contributed by atoms with Gasteiger partial charge in [-0.25, -0.2) is 0 Å². The molecular formula is C30H29N3O2. The maximum absolute atomic E-state index is 13.6. The van der Waals surface area contributed by atoms with Crippen LogP contribution in [0.25, 0.3) is 0 Å². The quantitative estimate of drug-likeness (QED) is 0.356. The van der Waals surface area contributed by atoms with Crippen LogP contribution >= 0.6 is 0 Å². The first-order valence-electron chi connectivity index (χ1n) is 11.8. The zero-order valence-electron chi connectivity index (χ0n) is 19.6. The number of carbonyl (C=O) groups is 2. The van der Waals surface area contributed by atoms with E-state index < -0.39 is 6.04 Å². The van der Waals surface area contributed by atoms with Gasteiger partial charge in [0.1, 0.15) is 6.04 Å². The fraction of sp³-hybridized carbons (Fsp3) is 0.167. The van der Waals surface area contributed by atoms with Gasteiger partial charge in [-0.05, 0) is 35.2 Å². The minimum atomic E-state index is -0.761. The van der Waals surface area contributed by atoms with Crippen molar-refractivity contribution in [2.45, 2.75) is 32.0 Å². The van der Waals surface area contributed by atoms with Crippen LogP contribution in [0.5, 0.6) is 0 Å². The van der Waals surface area contributed by atoms with Crippen LogP contribution in [0, 0.1) is 0 Å². The van der Waals surface area contributed by atoms with Crippen LogP contribution in [0.3, 0.4) is 0 Å². The highest BCUT2D eigenvalue weighted by atomic mass is 16.2. The topological polar surface area (TPSA) is 62.3 Å². The summed E-state index contributed by atoms with van der Waals surface area (Å²) in [4.78, 5) is 33.2. The van der Waals surface area contributed by atoms with E-state index in [1.807, 2.05) is 109 Å². The van der Waals surface area contributed by atoms with Gasteiger partial charge >= 0.3 is 0 Å². The molecule has 4 aromatic rings. The Morgan fingerprint density at radius 2 is 1.34 bits per heavy atom. The van der Waals surface area contributed by atoms with Crippen LogP contribution in [0.2, 0.25) is 0 Å². The molecule has 1 N–H and O–H groups in total. The van der Waals surface area contributed by atoms with Gasteiger partial charge in [-0.2, -0.15) is 0 Å². The molecule has 4 rings (SSSR count). The SMILES string of the molecule is O=C(NCc1ccccn1)[C@H](c1ccccc1)N(Cc1ccccc1)C(=O)CCc1ccccc1. The Morgan fingerprint density at radius 3 is 1.97 bits per heavy atom. The molecule has 5 nitrogen and oxygen atoms in total. The van der Waals surface area contributed by atoms with Crippen molar-refractivity contribution in [1.29, 1.82) is 0 Å². The number of aromatic nitrogens is 1. The number of rotatable bonds is 10. The zero-order chi connectivity index (χ0) is 24.3. The normalized spacial score (nSPS) is 11.4. The van der Waals surface area contributed by atoms with E-state index in [9.17, 15) is 9.59 Å². The number of pyridine rings is 1. The summed E-state index contributed by atoms with van der Waals surface area (Å²) in [7, 11) is 0. The maximum Gasteiger partial charge on any atom is 0.247 e. The second kappa shape index (κ2) is 12.3. The van der Waals surface area contributed by atoms with Crippen LogP contribution in [0.15, 0.2) is 115 Å². The molecule has 1 atom stereocenters. The fourth-order valence-electron chi connectivity index (χ4n) is 4.03. The number of benzene rings is 3. The monoisotopic (exact) mass is 463 g/mol. The van der Waals surface area contributed by atoms with E-state index in [4.69, 9.17) is 0 Å². The summed E-state index contributed by atoms with van der Waals surface area (Å²) in [5.74, 6) is -0.301. The Bertz CT molecular complexity index is 1200. The van der Waals surface area contributed by atoms with Gasteiger partial charge < -0.3 is 10.2 Å². The molecule has 0 fully saturated rings. The van der Waals surface area contributed by atoms with E-state index in [0.29, 0.717) is 25.9 Å². The minimum Gasteiger partial charge on any atom is -0.348 e. The molecule has 5 heteroatoms. The number of carbonyl (C=O) groups excluding carboxylic acids is 2. The highest BCUT2D eigenvalue weighted by Crippen LogP contribution is 2.25. The molecule has 0 aliphatic rings. The highest BCUT2D eigenvalue weighted by molar-refractivity contribution is 5.88. The van der Waals surface area contributed by atoms with Crippen molar-refractivity contribution in [2.75, 3.05) is 0 Å². The molecule has 35 heavy (non-hydrogen) atoms. The van der Waals surface area contributed by atoms with E-state index in [-0.39, 0.29) is 11.8 Å². The average molecular weight is 464 g/mol. The Kier molecular flexibility index (Phi) is 8.38. The summed E-state index contributed by atoms with van der Waals surface area (Å²) in [5, 5.41) is 3.00. The van der Waals surface area contributed by atoms with Crippen molar-refractivity contribution in [3.63, 3.8) is 0 Å². The van der Waals surface area contributed by atoms with Gasteiger partial charge in [-0.3, -0.25) is 14.6 Å². The van der Waals surface area contributed by atoms with Crippen LogP contribution in [0.4, 0.5) is 0 Å². The lowest BCUT2D eigenvalue weighted by Crippen LogP contribution is -2.43. The summed E-state index contributed by atoms with van der Waals surface area (Å²) in [6.07, 6.45) is 2.63. The molecule has 0 bridgehead atoms. The summed E-state index contributed by atoms with van der Waals surface area (Å²) in [6, 6.07) is 34.0. The van der Waals surface area contributed by atoms with Crippen LogP contribution in [-0.2, 0) is 29.1 Å². The average Bonchev–Trinajstić information content (AvgIpc) is 2.92. The molecule has 0 saturated heterocycles. The van der Waals surface area contributed by atoms with Crippen molar-refractivity contribution in [3.05, 3.63) is 138 Å². The predicted molar refractivity (Wildman–Crippen MR) is 137 cm³/mol. The first-order valence-corrected chi connectivity index (χ1v) is 11.8. The standard InChI is InChI=1S/C30H29N3O2/c34-28(20-19-24-12-4-1-5-13-24)33(23-25-14-6-2-7-15-25)29(26-16-8-3-9-17-26)30(35)32-22-27-18-10-11-21-31-27/h1-18,21,29H,19-20,22-23H2,(H,32,35)/t29-/m0/s1.